The highest BCUT2D eigenvalue weighted by Crippen LogP contribution is 2.40. The first-order valence-electron chi connectivity index (χ1n) is 6.43. The van der Waals surface area contributed by atoms with Crippen LogP contribution < -0.4 is 0 Å². The van der Waals surface area contributed by atoms with Crippen LogP contribution in [0.4, 0.5) is 0 Å². The van der Waals surface area contributed by atoms with Crippen LogP contribution in [0, 0.1) is 11.8 Å². The molecule has 1 rings (SSSR count). The van der Waals surface area contributed by atoms with E-state index in [9.17, 15) is 0 Å². The molecule has 0 aromatic heterocycles. The largest absolute Gasteiger partial charge is 0.397 e. The predicted molar refractivity (Wildman–Crippen MR) is 66.3 cm³/mol. The Bertz CT molecular complexity index is 169. The Labute approximate surface area is 96.2 Å². The standard InChI is InChI=1S/C12H26O2Si/c1-5-13-15(14-6-2)12-9-7-8-10(3)11(12)4/h10-12,15H,5-9H2,1-4H3. The van der Waals surface area contributed by atoms with Crippen molar-refractivity contribution < 1.29 is 8.85 Å². The summed E-state index contributed by atoms with van der Waals surface area (Å²) >= 11 is 0. The summed E-state index contributed by atoms with van der Waals surface area (Å²) in [4.78, 5) is 0. The molecule has 90 valence electrons. The van der Waals surface area contributed by atoms with Crippen LogP contribution in [-0.2, 0) is 8.85 Å². The molecule has 0 aromatic rings. The second-order valence-corrected chi connectivity index (χ2v) is 6.97. The Hall–Kier alpha value is 0.137. The van der Waals surface area contributed by atoms with Gasteiger partial charge in [-0.05, 0) is 32.1 Å². The lowest BCUT2D eigenvalue weighted by atomic mass is 9.81. The smallest absolute Gasteiger partial charge is 0.324 e. The van der Waals surface area contributed by atoms with E-state index in [0.29, 0.717) is 0 Å². The normalized spacial score (nSPS) is 32.2. The summed E-state index contributed by atoms with van der Waals surface area (Å²) in [6, 6.07) is 0. The molecule has 1 saturated carbocycles. The van der Waals surface area contributed by atoms with Gasteiger partial charge in [0.2, 0.25) is 0 Å². The maximum absolute atomic E-state index is 5.86. The fourth-order valence-electron chi connectivity index (χ4n) is 2.63. The van der Waals surface area contributed by atoms with E-state index in [0.717, 1.165) is 30.6 Å². The Balaban J connectivity index is 2.55. The fourth-order valence-corrected chi connectivity index (χ4v) is 5.26. The van der Waals surface area contributed by atoms with Gasteiger partial charge < -0.3 is 8.85 Å². The zero-order valence-corrected chi connectivity index (χ0v) is 11.8. The summed E-state index contributed by atoms with van der Waals surface area (Å²) in [5.41, 5.74) is 0.730. The van der Waals surface area contributed by atoms with E-state index < -0.39 is 9.28 Å². The molecule has 0 heterocycles. The second kappa shape index (κ2) is 6.66. The van der Waals surface area contributed by atoms with Gasteiger partial charge >= 0.3 is 9.28 Å². The molecular formula is C12H26O2Si. The van der Waals surface area contributed by atoms with E-state index in [4.69, 9.17) is 8.85 Å². The minimum atomic E-state index is -1.41. The molecule has 1 aliphatic carbocycles. The fraction of sp³-hybridized carbons (Fsp3) is 1.00. The van der Waals surface area contributed by atoms with E-state index in [-0.39, 0.29) is 0 Å². The van der Waals surface area contributed by atoms with Gasteiger partial charge in [0.05, 0.1) is 0 Å². The molecule has 0 saturated heterocycles. The summed E-state index contributed by atoms with van der Waals surface area (Å²) < 4.78 is 11.7. The van der Waals surface area contributed by atoms with Crippen molar-refractivity contribution in [2.45, 2.75) is 52.5 Å². The topological polar surface area (TPSA) is 18.5 Å². The quantitative estimate of drug-likeness (QED) is 0.676. The molecular weight excluding hydrogens is 204 g/mol. The minimum Gasteiger partial charge on any atom is -0.397 e. The van der Waals surface area contributed by atoms with Crippen molar-refractivity contribution in [1.82, 2.24) is 0 Å². The SMILES string of the molecule is CCO[SiH](OCC)C1CCCC(C)C1C. The third-order valence-corrected chi connectivity index (χ3v) is 6.74. The van der Waals surface area contributed by atoms with Crippen LogP contribution in [0.1, 0.15) is 47.0 Å². The van der Waals surface area contributed by atoms with E-state index >= 15 is 0 Å². The first-order chi connectivity index (χ1) is 7.20. The molecule has 0 aliphatic heterocycles. The molecule has 3 atom stereocenters. The van der Waals surface area contributed by atoms with Gasteiger partial charge in [0.25, 0.3) is 0 Å². The van der Waals surface area contributed by atoms with Gasteiger partial charge in [0.1, 0.15) is 0 Å². The average molecular weight is 230 g/mol. The number of hydrogen-bond acceptors (Lipinski definition) is 2. The van der Waals surface area contributed by atoms with Crippen LogP contribution in [0.15, 0.2) is 0 Å². The predicted octanol–water partition coefficient (Wildman–Crippen LogP) is 3.11. The molecule has 0 bridgehead atoms. The van der Waals surface area contributed by atoms with Crippen molar-refractivity contribution in [3.63, 3.8) is 0 Å². The van der Waals surface area contributed by atoms with Gasteiger partial charge in [-0.25, -0.2) is 0 Å². The van der Waals surface area contributed by atoms with Gasteiger partial charge in [-0.2, -0.15) is 0 Å². The van der Waals surface area contributed by atoms with Crippen molar-refractivity contribution in [3.05, 3.63) is 0 Å². The van der Waals surface area contributed by atoms with Crippen LogP contribution in [0.2, 0.25) is 5.54 Å². The lowest BCUT2D eigenvalue weighted by Gasteiger charge is -2.37. The Kier molecular flexibility index (Phi) is 5.86. The molecule has 0 radical (unpaired) electrons. The molecule has 0 aromatic carbocycles. The zero-order chi connectivity index (χ0) is 11.3. The van der Waals surface area contributed by atoms with Gasteiger partial charge in [0, 0.05) is 18.8 Å². The summed E-state index contributed by atoms with van der Waals surface area (Å²) in [5, 5.41) is 0. The molecule has 15 heavy (non-hydrogen) atoms. The third-order valence-electron chi connectivity index (χ3n) is 3.78. The van der Waals surface area contributed by atoms with Gasteiger partial charge in [0.15, 0.2) is 0 Å². The Morgan fingerprint density at radius 2 is 1.67 bits per heavy atom. The molecule has 0 spiro atoms. The minimum absolute atomic E-state index is 0.730. The average Bonchev–Trinajstić information content (AvgIpc) is 2.22. The van der Waals surface area contributed by atoms with Crippen LogP contribution >= 0.6 is 0 Å². The van der Waals surface area contributed by atoms with Gasteiger partial charge in [-0.3, -0.25) is 0 Å². The van der Waals surface area contributed by atoms with E-state index in [2.05, 4.69) is 27.7 Å². The summed E-state index contributed by atoms with van der Waals surface area (Å²) in [5.74, 6) is 1.63. The molecule has 0 amide bonds. The van der Waals surface area contributed by atoms with Crippen LogP contribution in [0.3, 0.4) is 0 Å². The van der Waals surface area contributed by atoms with Crippen molar-refractivity contribution in [3.8, 4) is 0 Å². The molecule has 2 nitrogen and oxygen atoms in total. The molecule has 1 fully saturated rings. The first-order valence-corrected chi connectivity index (χ1v) is 8.04. The monoisotopic (exact) mass is 230 g/mol. The van der Waals surface area contributed by atoms with Crippen molar-refractivity contribution in [2.75, 3.05) is 13.2 Å². The second-order valence-electron chi connectivity index (χ2n) is 4.71. The summed E-state index contributed by atoms with van der Waals surface area (Å²) in [6.45, 7) is 10.5. The summed E-state index contributed by atoms with van der Waals surface area (Å²) in [7, 11) is -1.41. The highest BCUT2D eigenvalue weighted by Gasteiger charge is 2.35. The Morgan fingerprint density at radius 1 is 1.07 bits per heavy atom. The van der Waals surface area contributed by atoms with Gasteiger partial charge in [-0.15, -0.1) is 0 Å². The molecule has 0 N–H and O–H groups in total. The van der Waals surface area contributed by atoms with E-state index in [1.165, 1.54) is 19.3 Å². The lowest BCUT2D eigenvalue weighted by Crippen LogP contribution is -2.36. The van der Waals surface area contributed by atoms with Crippen molar-refractivity contribution in [1.29, 1.82) is 0 Å². The highest BCUT2D eigenvalue weighted by molar-refractivity contribution is 6.46. The number of rotatable bonds is 5. The highest BCUT2D eigenvalue weighted by atomic mass is 28.3. The van der Waals surface area contributed by atoms with Gasteiger partial charge in [-0.1, -0.05) is 26.7 Å². The first kappa shape index (κ1) is 13.2. The lowest BCUT2D eigenvalue weighted by molar-refractivity contribution is 0.167. The van der Waals surface area contributed by atoms with Crippen LogP contribution in [0.25, 0.3) is 0 Å². The van der Waals surface area contributed by atoms with Crippen molar-refractivity contribution >= 4 is 9.28 Å². The molecule has 1 aliphatic rings. The van der Waals surface area contributed by atoms with Crippen molar-refractivity contribution in [2.24, 2.45) is 11.8 Å². The zero-order valence-electron chi connectivity index (χ0n) is 10.7. The Morgan fingerprint density at radius 3 is 2.20 bits per heavy atom. The van der Waals surface area contributed by atoms with Crippen LogP contribution in [-0.4, -0.2) is 22.5 Å². The van der Waals surface area contributed by atoms with E-state index in [1.807, 2.05) is 0 Å². The molecule has 3 unspecified atom stereocenters. The number of hydrogen-bond donors (Lipinski definition) is 0. The third kappa shape index (κ3) is 3.57. The molecule has 3 heteroatoms. The maximum atomic E-state index is 5.86. The summed E-state index contributed by atoms with van der Waals surface area (Å²) in [6.07, 6.45) is 4.07. The van der Waals surface area contributed by atoms with E-state index in [1.54, 1.807) is 0 Å². The maximum Gasteiger partial charge on any atom is 0.324 e. The van der Waals surface area contributed by atoms with Crippen LogP contribution in [0.5, 0.6) is 0 Å².